The summed E-state index contributed by atoms with van der Waals surface area (Å²) in [6, 6.07) is 4.92. The normalized spacial score (nSPS) is 23.7. The molecule has 3 rings (SSSR count). The maximum atomic E-state index is 5.59. The Balaban J connectivity index is 1.75. The van der Waals surface area contributed by atoms with Crippen molar-refractivity contribution < 1.29 is 14.2 Å². The van der Waals surface area contributed by atoms with Crippen LogP contribution in [-0.2, 0) is 0 Å². The van der Waals surface area contributed by atoms with E-state index in [1.54, 1.807) is 7.11 Å². The predicted octanol–water partition coefficient (Wildman–Crippen LogP) is 4.43. The number of ether oxygens (including phenoxy) is 3. The van der Waals surface area contributed by atoms with Crippen LogP contribution in [-0.4, -0.2) is 38.4 Å². The van der Waals surface area contributed by atoms with Gasteiger partial charge in [-0.3, -0.25) is 0 Å². The van der Waals surface area contributed by atoms with E-state index in [9.17, 15) is 0 Å². The van der Waals surface area contributed by atoms with Crippen molar-refractivity contribution in [1.82, 2.24) is 4.90 Å². The van der Waals surface area contributed by atoms with Gasteiger partial charge in [0.05, 0.1) is 7.11 Å². The summed E-state index contributed by atoms with van der Waals surface area (Å²) in [7, 11) is 3.95. The van der Waals surface area contributed by atoms with E-state index < -0.39 is 0 Å². The molecule has 24 heavy (non-hydrogen) atoms. The Hall–Kier alpha value is -1.42. The fourth-order valence-electron chi connectivity index (χ4n) is 4.36. The minimum Gasteiger partial charge on any atom is -0.493 e. The molecule has 0 bridgehead atoms. The number of benzene rings is 1. The van der Waals surface area contributed by atoms with Gasteiger partial charge in [-0.05, 0) is 55.3 Å². The summed E-state index contributed by atoms with van der Waals surface area (Å²) in [6.07, 6.45) is 5.01. The third-order valence-electron chi connectivity index (χ3n) is 5.56. The van der Waals surface area contributed by atoms with Crippen LogP contribution in [0.15, 0.2) is 12.1 Å². The molecule has 4 heteroatoms. The standard InChI is InChI=1S/C20H31NO3/c1-6-7-20(2,3)11-16-8-15(12-21(16)4)14-9-17(22-5)19-18(10-14)23-13-24-19/h9-10,15-16H,6-8,11-13H2,1-5H3/t15-,16-/m1/s1. The summed E-state index contributed by atoms with van der Waals surface area (Å²) >= 11 is 0. The zero-order valence-electron chi connectivity index (χ0n) is 15.7. The topological polar surface area (TPSA) is 30.9 Å². The quantitative estimate of drug-likeness (QED) is 0.771. The highest BCUT2D eigenvalue weighted by atomic mass is 16.7. The van der Waals surface area contributed by atoms with Crippen molar-refractivity contribution in [3.8, 4) is 17.2 Å². The van der Waals surface area contributed by atoms with E-state index in [0.29, 0.717) is 17.4 Å². The van der Waals surface area contributed by atoms with Crippen LogP contribution in [0.25, 0.3) is 0 Å². The maximum Gasteiger partial charge on any atom is 0.231 e. The van der Waals surface area contributed by atoms with Crippen LogP contribution in [0.1, 0.15) is 57.9 Å². The van der Waals surface area contributed by atoms with E-state index in [1.165, 1.54) is 31.2 Å². The number of methoxy groups -OCH3 is 1. The molecule has 2 aliphatic rings. The molecule has 0 aromatic heterocycles. The van der Waals surface area contributed by atoms with Gasteiger partial charge in [-0.15, -0.1) is 0 Å². The Morgan fingerprint density at radius 2 is 2.08 bits per heavy atom. The van der Waals surface area contributed by atoms with Gasteiger partial charge < -0.3 is 19.1 Å². The molecule has 1 saturated heterocycles. The summed E-state index contributed by atoms with van der Waals surface area (Å²) in [4.78, 5) is 2.53. The molecule has 0 radical (unpaired) electrons. The van der Waals surface area contributed by atoms with Crippen LogP contribution < -0.4 is 14.2 Å². The van der Waals surface area contributed by atoms with Crippen molar-refractivity contribution in [2.24, 2.45) is 5.41 Å². The minimum absolute atomic E-state index is 0.285. The highest BCUT2D eigenvalue weighted by Crippen LogP contribution is 2.46. The van der Waals surface area contributed by atoms with Crippen molar-refractivity contribution in [1.29, 1.82) is 0 Å². The molecular formula is C20H31NO3. The Morgan fingerprint density at radius 3 is 2.79 bits per heavy atom. The maximum absolute atomic E-state index is 5.59. The summed E-state index contributed by atoms with van der Waals surface area (Å²) in [6.45, 7) is 8.47. The van der Waals surface area contributed by atoms with Crippen LogP contribution in [0.3, 0.4) is 0 Å². The Morgan fingerprint density at radius 1 is 1.29 bits per heavy atom. The zero-order chi connectivity index (χ0) is 17.3. The number of likely N-dealkylation sites (N-methyl/N-ethyl adjacent to an activating group) is 1. The molecular weight excluding hydrogens is 302 g/mol. The molecule has 0 spiro atoms. The smallest absolute Gasteiger partial charge is 0.231 e. The number of fused-ring (bicyclic) bond motifs is 1. The van der Waals surface area contributed by atoms with Gasteiger partial charge >= 0.3 is 0 Å². The molecule has 2 heterocycles. The fourth-order valence-corrected chi connectivity index (χ4v) is 4.36. The van der Waals surface area contributed by atoms with E-state index in [0.717, 1.165) is 23.8 Å². The first kappa shape index (κ1) is 17.4. The predicted molar refractivity (Wildman–Crippen MR) is 96.2 cm³/mol. The third-order valence-corrected chi connectivity index (χ3v) is 5.56. The summed E-state index contributed by atoms with van der Waals surface area (Å²) in [5, 5.41) is 0. The van der Waals surface area contributed by atoms with Gasteiger partial charge in [0.25, 0.3) is 0 Å². The second-order valence-electron chi connectivity index (χ2n) is 8.10. The lowest BCUT2D eigenvalue weighted by molar-refractivity contribution is 0.171. The molecule has 0 amide bonds. The number of hydrogen-bond donors (Lipinski definition) is 0. The van der Waals surface area contributed by atoms with Crippen molar-refractivity contribution >= 4 is 0 Å². The Bertz CT molecular complexity index is 584. The van der Waals surface area contributed by atoms with Gasteiger partial charge in [0.2, 0.25) is 12.5 Å². The molecule has 4 nitrogen and oxygen atoms in total. The highest BCUT2D eigenvalue weighted by Gasteiger charge is 2.35. The van der Waals surface area contributed by atoms with Crippen LogP contribution in [0.5, 0.6) is 17.2 Å². The lowest BCUT2D eigenvalue weighted by atomic mass is 9.80. The largest absolute Gasteiger partial charge is 0.493 e. The van der Waals surface area contributed by atoms with Gasteiger partial charge in [0.1, 0.15) is 0 Å². The second-order valence-corrected chi connectivity index (χ2v) is 8.10. The monoisotopic (exact) mass is 333 g/mol. The number of hydrogen-bond acceptors (Lipinski definition) is 4. The molecule has 134 valence electrons. The van der Waals surface area contributed by atoms with Crippen molar-refractivity contribution in [2.45, 2.75) is 58.4 Å². The number of rotatable bonds is 6. The van der Waals surface area contributed by atoms with E-state index in [2.05, 4.69) is 44.9 Å². The van der Waals surface area contributed by atoms with Crippen molar-refractivity contribution in [3.05, 3.63) is 17.7 Å². The van der Waals surface area contributed by atoms with Gasteiger partial charge in [-0.25, -0.2) is 0 Å². The van der Waals surface area contributed by atoms with Crippen LogP contribution in [0.4, 0.5) is 0 Å². The molecule has 0 aliphatic carbocycles. The van der Waals surface area contributed by atoms with Crippen molar-refractivity contribution in [3.63, 3.8) is 0 Å². The molecule has 0 unspecified atom stereocenters. The van der Waals surface area contributed by atoms with Gasteiger partial charge in [0.15, 0.2) is 11.5 Å². The van der Waals surface area contributed by atoms with E-state index in [1.807, 2.05) is 0 Å². The Labute approximate surface area is 146 Å². The van der Waals surface area contributed by atoms with E-state index in [4.69, 9.17) is 14.2 Å². The molecule has 1 aromatic rings. The molecule has 2 atom stereocenters. The van der Waals surface area contributed by atoms with Gasteiger partial charge in [-0.1, -0.05) is 27.2 Å². The average molecular weight is 333 g/mol. The first-order chi connectivity index (χ1) is 11.4. The average Bonchev–Trinajstić information content (AvgIpc) is 3.13. The zero-order valence-corrected chi connectivity index (χ0v) is 15.7. The molecule has 0 N–H and O–H groups in total. The van der Waals surface area contributed by atoms with E-state index in [-0.39, 0.29) is 6.79 Å². The SMILES string of the molecule is CCCC(C)(C)C[C@H]1C[C@@H](c2cc(OC)c3c(c2)OCO3)CN1C. The molecule has 0 saturated carbocycles. The third kappa shape index (κ3) is 3.49. The molecule has 1 fully saturated rings. The summed E-state index contributed by atoms with van der Waals surface area (Å²) in [5.41, 5.74) is 1.72. The first-order valence-electron chi connectivity index (χ1n) is 9.11. The summed E-state index contributed by atoms with van der Waals surface area (Å²) < 4.78 is 16.6. The fraction of sp³-hybridized carbons (Fsp3) is 0.700. The molecule has 1 aromatic carbocycles. The number of likely N-dealkylation sites (tertiary alicyclic amines) is 1. The second kappa shape index (κ2) is 6.83. The number of nitrogens with zero attached hydrogens (tertiary/aromatic N) is 1. The Kier molecular flexibility index (Phi) is 4.95. The lowest BCUT2D eigenvalue weighted by Crippen LogP contribution is -2.30. The van der Waals surface area contributed by atoms with Gasteiger partial charge in [-0.2, -0.15) is 0 Å². The van der Waals surface area contributed by atoms with E-state index >= 15 is 0 Å². The molecule has 2 aliphatic heterocycles. The highest BCUT2D eigenvalue weighted by molar-refractivity contribution is 5.55. The summed E-state index contributed by atoms with van der Waals surface area (Å²) in [5.74, 6) is 2.88. The van der Waals surface area contributed by atoms with Crippen LogP contribution >= 0.6 is 0 Å². The van der Waals surface area contributed by atoms with Crippen LogP contribution in [0, 0.1) is 5.41 Å². The van der Waals surface area contributed by atoms with Gasteiger partial charge in [0, 0.05) is 12.6 Å². The van der Waals surface area contributed by atoms with Crippen LogP contribution in [0.2, 0.25) is 0 Å². The minimum atomic E-state index is 0.285. The first-order valence-corrected chi connectivity index (χ1v) is 9.11. The van der Waals surface area contributed by atoms with Crippen molar-refractivity contribution in [2.75, 3.05) is 27.5 Å². The lowest BCUT2D eigenvalue weighted by Gasteiger charge is -2.30.